The Labute approximate surface area is 78.4 Å². The maximum absolute atomic E-state index is 10.3. The number of amides is 2. The van der Waals surface area contributed by atoms with Gasteiger partial charge in [-0.05, 0) is 19.3 Å². The molecule has 1 rings (SSSR count). The molecular formula is C5H6NO2Y-. The molecule has 0 aromatic carbocycles. The van der Waals surface area contributed by atoms with Crippen LogP contribution in [0.1, 0.15) is 19.3 Å². The molecule has 1 aliphatic rings. The number of piperidine rings is 1. The van der Waals surface area contributed by atoms with Gasteiger partial charge in [-0.1, -0.05) is 0 Å². The standard InChI is InChI=1S/C5H7NO2.Y/c7-4-2-1-3-5(8)6-4;/h1-3H2,(H,6,7,8);/p-1. The normalized spacial score (nSPS) is 18.2. The van der Waals surface area contributed by atoms with Gasteiger partial charge in [-0.2, -0.15) is 0 Å². The molecule has 1 fully saturated rings. The predicted octanol–water partition coefficient (Wildman–Crippen LogP) is 0.595. The maximum atomic E-state index is 10.3. The molecule has 1 aliphatic heterocycles. The van der Waals surface area contributed by atoms with Crippen LogP contribution in [0.2, 0.25) is 0 Å². The van der Waals surface area contributed by atoms with E-state index in [9.17, 15) is 9.59 Å². The van der Waals surface area contributed by atoms with E-state index in [1.54, 1.807) is 0 Å². The van der Waals surface area contributed by atoms with E-state index < -0.39 is 0 Å². The molecule has 4 heteroatoms. The smallest absolute Gasteiger partial charge is 0.0565 e. The van der Waals surface area contributed by atoms with Gasteiger partial charge < -0.3 is 14.9 Å². The van der Waals surface area contributed by atoms with E-state index in [2.05, 4.69) is 5.32 Å². The van der Waals surface area contributed by atoms with Crippen LogP contribution in [0, 0.1) is 0 Å². The van der Waals surface area contributed by atoms with Crippen molar-refractivity contribution in [2.24, 2.45) is 0 Å². The third-order valence-electron chi connectivity index (χ3n) is 1.03. The minimum absolute atomic E-state index is 0. The van der Waals surface area contributed by atoms with Crippen LogP contribution in [0.5, 0.6) is 0 Å². The summed E-state index contributed by atoms with van der Waals surface area (Å²) >= 11 is 0. The Morgan fingerprint density at radius 2 is 1.56 bits per heavy atom. The van der Waals surface area contributed by atoms with Gasteiger partial charge in [0.2, 0.25) is 0 Å². The van der Waals surface area contributed by atoms with Crippen molar-refractivity contribution in [2.45, 2.75) is 19.3 Å². The zero-order valence-corrected chi connectivity index (χ0v) is 7.80. The fourth-order valence-corrected chi connectivity index (χ4v) is 0.642. The van der Waals surface area contributed by atoms with Crippen molar-refractivity contribution in [1.29, 1.82) is 0 Å². The molecule has 0 unspecified atom stereocenters. The van der Waals surface area contributed by atoms with Crippen LogP contribution in [0.3, 0.4) is 0 Å². The van der Waals surface area contributed by atoms with Gasteiger partial charge in [0.1, 0.15) is 0 Å². The van der Waals surface area contributed by atoms with E-state index in [4.69, 9.17) is 0 Å². The van der Waals surface area contributed by atoms with Gasteiger partial charge in [-0.15, -0.1) is 0 Å². The summed E-state index contributed by atoms with van der Waals surface area (Å²) in [5.41, 5.74) is 0. The van der Waals surface area contributed by atoms with E-state index in [0.29, 0.717) is 19.3 Å². The molecule has 0 atom stereocenters. The molecule has 0 aromatic rings. The van der Waals surface area contributed by atoms with Gasteiger partial charge in [0.25, 0.3) is 0 Å². The quantitative estimate of drug-likeness (QED) is 0.538. The fraction of sp³-hybridized carbons (Fsp3) is 0.600. The largest absolute Gasteiger partial charge is 0.596 e. The minimum Gasteiger partial charge on any atom is -0.596 e. The first-order valence-electron chi connectivity index (χ1n) is 2.56. The molecule has 0 spiro atoms. The number of imide groups is 1. The number of carbonyl (C=O) groups is 2. The zero-order chi connectivity index (χ0) is 5.98. The van der Waals surface area contributed by atoms with Crippen molar-refractivity contribution >= 4 is 11.8 Å². The summed E-state index contributed by atoms with van der Waals surface area (Å²) < 4.78 is 0. The molecule has 0 aromatic heterocycles. The molecule has 0 aliphatic carbocycles. The Balaban J connectivity index is 0.000000640. The summed E-state index contributed by atoms with van der Waals surface area (Å²) in [5.74, 6) is -0.525. The molecule has 0 saturated carbocycles. The molecule has 3 nitrogen and oxygen atoms in total. The predicted molar refractivity (Wildman–Crippen MR) is 27.2 cm³/mol. The Morgan fingerprint density at radius 1 is 1.11 bits per heavy atom. The number of hydrogen-bond donors (Lipinski definition) is 0. The summed E-state index contributed by atoms with van der Waals surface area (Å²) in [6.07, 6.45) is 1.58. The Kier molecular flexibility index (Phi) is 4.23. The van der Waals surface area contributed by atoms with Crippen molar-refractivity contribution < 1.29 is 42.3 Å². The van der Waals surface area contributed by atoms with Crippen LogP contribution in [0.4, 0.5) is 0 Å². The molecule has 1 radical (unpaired) electrons. The van der Waals surface area contributed by atoms with Crippen molar-refractivity contribution in [2.75, 3.05) is 0 Å². The summed E-state index contributed by atoms with van der Waals surface area (Å²) in [7, 11) is 0. The van der Waals surface area contributed by atoms with E-state index in [-0.39, 0.29) is 44.5 Å². The Morgan fingerprint density at radius 3 is 1.78 bits per heavy atom. The minimum atomic E-state index is -0.263. The third-order valence-corrected chi connectivity index (χ3v) is 1.03. The van der Waals surface area contributed by atoms with Crippen molar-refractivity contribution in [1.82, 2.24) is 0 Å². The van der Waals surface area contributed by atoms with Crippen molar-refractivity contribution in [3.8, 4) is 0 Å². The van der Waals surface area contributed by atoms with Gasteiger partial charge in [-0.25, -0.2) is 0 Å². The molecule has 47 valence electrons. The first-order valence-corrected chi connectivity index (χ1v) is 2.56. The zero-order valence-electron chi connectivity index (χ0n) is 4.96. The average Bonchev–Trinajstić information content (AvgIpc) is 1.64. The summed E-state index contributed by atoms with van der Waals surface area (Å²) in [6.45, 7) is 0. The van der Waals surface area contributed by atoms with Crippen LogP contribution in [0.25, 0.3) is 5.32 Å². The number of hydrogen-bond acceptors (Lipinski definition) is 2. The van der Waals surface area contributed by atoms with Crippen LogP contribution >= 0.6 is 0 Å². The first kappa shape index (κ1) is 9.24. The van der Waals surface area contributed by atoms with E-state index in [1.165, 1.54) is 0 Å². The summed E-state index contributed by atoms with van der Waals surface area (Å²) in [4.78, 5) is 20.6. The van der Waals surface area contributed by atoms with Gasteiger partial charge in [0, 0.05) is 32.7 Å². The van der Waals surface area contributed by atoms with Crippen LogP contribution in [-0.2, 0) is 42.3 Å². The number of nitrogens with zero attached hydrogens (tertiary/aromatic N) is 1. The summed E-state index contributed by atoms with van der Waals surface area (Å²) in [6, 6.07) is 0. The second-order valence-corrected chi connectivity index (χ2v) is 1.75. The number of rotatable bonds is 0. The van der Waals surface area contributed by atoms with Gasteiger partial charge in [0.15, 0.2) is 0 Å². The monoisotopic (exact) mass is 201 g/mol. The van der Waals surface area contributed by atoms with E-state index >= 15 is 0 Å². The molecule has 2 amide bonds. The fourth-order valence-electron chi connectivity index (χ4n) is 0.642. The molecule has 1 heterocycles. The SMILES string of the molecule is O=C1CCCC(=O)[N-]1.[Y]. The second-order valence-electron chi connectivity index (χ2n) is 1.75. The summed E-state index contributed by atoms with van der Waals surface area (Å²) in [5, 5.41) is 3.20. The third kappa shape index (κ3) is 3.06. The number of carbonyl (C=O) groups excluding carboxylic acids is 2. The van der Waals surface area contributed by atoms with Crippen LogP contribution < -0.4 is 0 Å². The molecule has 9 heavy (non-hydrogen) atoms. The van der Waals surface area contributed by atoms with E-state index in [1.807, 2.05) is 0 Å². The van der Waals surface area contributed by atoms with Crippen molar-refractivity contribution in [3.63, 3.8) is 0 Å². The maximum Gasteiger partial charge on any atom is 0.0565 e. The van der Waals surface area contributed by atoms with Gasteiger partial charge in [0.05, 0.1) is 11.8 Å². The van der Waals surface area contributed by atoms with Crippen LogP contribution in [-0.4, -0.2) is 11.8 Å². The van der Waals surface area contributed by atoms with Crippen LogP contribution in [0.15, 0.2) is 0 Å². The van der Waals surface area contributed by atoms with E-state index in [0.717, 1.165) is 0 Å². The Hall–Kier alpha value is 0.244. The molecular weight excluding hydrogens is 195 g/mol. The van der Waals surface area contributed by atoms with Gasteiger partial charge >= 0.3 is 0 Å². The molecule has 0 bridgehead atoms. The Bertz CT molecular complexity index is 121. The topological polar surface area (TPSA) is 48.2 Å². The van der Waals surface area contributed by atoms with Gasteiger partial charge in [-0.3, -0.25) is 0 Å². The first-order chi connectivity index (χ1) is 3.79. The molecule has 0 N–H and O–H groups in total. The van der Waals surface area contributed by atoms with Crippen molar-refractivity contribution in [3.05, 3.63) is 5.32 Å². The second kappa shape index (κ2) is 4.12. The molecule has 1 saturated heterocycles. The average molecular weight is 201 g/mol.